The van der Waals surface area contributed by atoms with Gasteiger partial charge in [0, 0.05) is 0 Å². The van der Waals surface area contributed by atoms with E-state index in [2.05, 4.69) is 4.74 Å². The second kappa shape index (κ2) is 5.42. The van der Waals surface area contributed by atoms with Crippen LogP contribution in [0.1, 0.15) is 24.1 Å². The highest BCUT2D eigenvalue weighted by molar-refractivity contribution is 6.35. The van der Waals surface area contributed by atoms with E-state index in [0.29, 0.717) is 5.56 Å². The molecule has 1 aromatic rings. The first-order chi connectivity index (χ1) is 7.56. The summed E-state index contributed by atoms with van der Waals surface area (Å²) in [6.07, 6.45) is 0. The summed E-state index contributed by atoms with van der Waals surface area (Å²) in [4.78, 5) is 22.7. The lowest BCUT2D eigenvalue weighted by atomic mass is 10.0. The Hall–Kier alpha value is -1.68. The number of esters is 1. The van der Waals surface area contributed by atoms with Crippen LogP contribution in [0.2, 0.25) is 0 Å². The number of hydrogen-bond acceptors (Lipinski definition) is 4. The molecule has 1 rings (SSSR count). The molecule has 0 spiro atoms. The largest absolute Gasteiger partial charge is 0.460 e. The van der Waals surface area contributed by atoms with Crippen molar-refractivity contribution in [2.45, 2.75) is 19.9 Å². The fourth-order valence-corrected chi connectivity index (χ4v) is 1.25. The van der Waals surface area contributed by atoms with Crippen LogP contribution in [0.15, 0.2) is 24.3 Å². The van der Waals surface area contributed by atoms with Crippen LogP contribution in [0.5, 0.6) is 0 Å². The van der Waals surface area contributed by atoms with E-state index < -0.39 is 17.8 Å². The summed E-state index contributed by atoms with van der Waals surface area (Å²) >= 11 is 0. The SMILES string of the molecule is CCOC(=O)C(=O)C(N)c1ccc(C)cc1. The highest BCUT2D eigenvalue weighted by Crippen LogP contribution is 2.12. The van der Waals surface area contributed by atoms with Crippen molar-refractivity contribution in [3.05, 3.63) is 35.4 Å². The van der Waals surface area contributed by atoms with Crippen molar-refractivity contribution in [2.75, 3.05) is 6.61 Å². The van der Waals surface area contributed by atoms with Crippen molar-refractivity contribution < 1.29 is 14.3 Å². The molecule has 4 nitrogen and oxygen atoms in total. The van der Waals surface area contributed by atoms with E-state index in [1.807, 2.05) is 19.1 Å². The number of nitrogens with two attached hydrogens (primary N) is 1. The normalized spacial score (nSPS) is 11.9. The van der Waals surface area contributed by atoms with Crippen LogP contribution in [0.4, 0.5) is 0 Å². The molecule has 0 bridgehead atoms. The highest BCUT2D eigenvalue weighted by Gasteiger charge is 2.24. The van der Waals surface area contributed by atoms with Gasteiger partial charge in [-0.2, -0.15) is 0 Å². The molecule has 2 N–H and O–H groups in total. The number of hydrogen-bond donors (Lipinski definition) is 1. The molecule has 0 amide bonds. The lowest BCUT2D eigenvalue weighted by Gasteiger charge is -2.10. The predicted octanol–water partition coefficient (Wildman–Crippen LogP) is 1.13. The number of ketones is 1. The molecule has 0 aliphatic heterocycles. The predicted molar refractivity (Wildman–Crippen MR) is 59.7 cm³/mol. The van der Waals surface area contributed by atoms with Crippen molar-refractivity contribution >= 4 is 11.8 Å². The topological polar surface area (TPSA) is 69.4 Å². The van der Waals surface area contributed by atoms with Gasteiger partial charge in [0.1, 0.15) is 6.04 Å². The fourth-order valence-electron chi connectivity index (χ4n) is 1.25. The first-order valence-corrected chi connectivity index (χ1v) is 5.09. The Labute approximate surface area is 94.4 Å². The van der Waals surface area contributed by atoms with Gasteiger partial charge >= 0.3 is 5.97 Å². The zero-order valence-electron chi connectivity index (χ0n) is 9.40. The first-order valence-electron chi connectivity index (χ1n) is 5.09. The van der Waals surface area contributed by atoms with Crippen molar-refractivity contribution in [1.29, 1.82) is 0 Å². The number of ether oxygens (including phenoxy) is 1. The summed E-state index contributed by atoms with van der Waals surface area (Å²) in [5, 5.41) is 0. The van der Waals surface area contributed by atoms with Gasteiger partial charge in [-0.25, -0.2) is 4.79 Å². The number of rotatable bonds is 4. The standard InChI is InChI=1S/C12H15NO3/c1-3-16-12(15)11(14)10(13)9-6-4-8(2)5-7-9/h4-7,10H,3,13H2,1-2H3. The highest BCUT2D eigenvalue weighted by atomic mass is 16.5. The number of aryl methyl sites for hydroxylation is 1. The number of Topliss-reactive ketones (excluding diaryl/α,β-unsaturated/α-hetero) is 1. The van der Waals surface area contributed by atoms with Gasteiger partial charge in [0.25, 0.3) is 5.78 Å². The summed E-state index contributed by atoms with van der Waals surface area (Å²) in [5.74, 6) is -1.60. The van der Waals surface area contributed by atoms with Crippen LogP contribution in [0.3, 0.4) is 0 Å². The van der Waals surface area contributed by atoms with Crippen LogP contribution >= 0.6 is 0 Å². The van der Waals surface area contributed by atoms with Gasteiger partial charge in [-0.05, 0) is 19.4 Å². The minimum absolute atomic E-state index is 0.172. The van der Waals surface area contributed by atoms with Crippen LogP contribution in [0.25, 0.3) is 0 Å². The van der Waals surface area contributed by atoms with E-state index in [0.717, 1.165) is 5.56 Å². The lowest BCUT2D eigenvalue weighted by Crippen LogP contribution is -2.29. The van der Waals surface area contributed by atoms with E-state index in [4.69, 9.17) is 5.73 Å². The summed E-state index contributed by atoms with van der Waals surface area (Å²) in [6, 6.07) is 6.20. The van der Waals surface area contributed by atoms with E-state index in [1.54, 1.807) is 19.1 Å². The van der Waals surface area contributed by atoms with Crippen LogP contribution in [-0.4, -0.2) is 18.4 Å². The van der Waals surface area contributed by atoms with E-state index in [1.165, 1.54) is 0 Å². The first kappa shape index (κ1) is 12.4. The smallest absolute Gasteiger partial charge is 0.376 e. The molecule has 0 saturated carbocycles. The van der Waals surface area contributed by atoms with E-state index in [-0.39, 0.29) is 6.61 Å². The van der Waals surface area contributed by atoms with E-state index in [9.17, 15) is 9.59 Å². The monoisotopic (exact) mass is 221 g/mol. The molecular weight excluding hydrogens is 206 g/mol. The van der Waals surface area contributed by atoms with E-state index >= 15 is 0 Å². The minimum atomic E-state index is -0.945. The van der Waals surface area contributed by atoms with Gasteiger partial charge in [0.2, 0.25) is 0 Å². The van der Waals surface area contributed by atoms with Crippen molar-refractivity contribution in [3.8, 4) is 0 Å². The molecule has 1 unspecified atom stereocenters. The third-order valence-corrected chi connectivity index (χ3v) is 2.20. The second-order valence-electron chi connectivity index (χ2n) is 3.47. The molecule has 0 saturated heterocycles. The van der Waals surface area contributed by atoms with Crippen LogP contribution in [-0.2, 0) is 14.3 Å². The van der Waals surface area contributed by atoms with Gasteiger partial charge in [-0.15, -0.1) is 0 Å². The molecule has 1 aromatic carbocycles. The van der Waals surface area contributed by atoms with Gasteiger partial charge < -0.3 is 10.5 Å². The van der Waals surface area contributed by atoms with Crippen LogP contribution in [0, 0.1) is 6.92 Å². The molecular formula is C12H15NO3. The zero-order chi connectivity index (χ0) is 12.1. The molecule has 0 radical (unpaired) electrons. The zero-order valence-corrected chi connectivity index (χ0v) is 9.40. The lowest BCUT2D eigenvalue weighted by molar-refractivity contribution is -0.154. The van der Waals surface area contributed by atoms with Gasteiger partial charge in [0.05, 0.1) is 6.61 Å². The molecule has 0 aromatic heterocycles. The number of benzene rings is 1. The Morgan fingerprint density at radius 2 is 1.88 bits per heavy atom. The van der Waals surface area contributed by atoms with Crippen molar-refractivity contribution in [2.24, 2.45) is 5.73 Å². The third-order valence-electron chi connectivity index (χ3n) is 2.20. The summed E-state index contributed by atoms with van der Waals surface area (Å²) in [5.41, 5.74) is 7.35. The minimum Gasteiger partial charge on any atom is -0.460 e. The maximum Gasteiger partial charge on any atom is 0.376 e. The van der Waals surface area contributed by atoms with Gasteiger partial charge in [-0.1, -0.05) is 29.8 Å². The Morgan fingerprint density at radius 3 is 2.38 bits per heavy atom. The maximum atomic E-state index is 11.5. The molecule has 0 aliphatic carbocycles. The molecule has 0 aliphatic rings. The van der Waals surface area contributed by atoms with Crippen molar-refractivity contribution in [1.82, 2.24) is 0 Å². The Bertz CT molecular complexity index is 384. The average Bonchev–Trinajstić information content (AvgIpc) is 2.28. The quantitative estimate of drug-likeness (QED) is 0.611. The number of carbonyl (C=O) groups excluding carboxylic acids is 2. The second-order valence-corrected chi connectivity index (χ2v) is 3.47. The average molecular weight is 221 g/mol. The molecule has 86 valence electrons. The fraction of sp³-hybridized carbons (Fsp3) is 0.333. The van der Waals surface area contributed by atoms with Crippen molar-refractivity contribution in [3.63, 3.8) is 0 Å². The Morgan fingerprint density at radius 1 is 1.31 bits per heavy atom. The summed E-state index contributed by atoms with van der Waals surface area (Å²) in [7, 11) is 0. The number of carbonyl (C=O) groups is 2. The van der Waals surface area contributed by atoms with Crippen LogP contribution < -0.4 is 5.73 Å². The summed E-state index contributed by atoms with van der Waals surface area (Å²) < 4.78 is 4.60. The molecule has 1 atom stereocenters. The third kappa shape index (κ3) is 2.90. The summed E-state index contributed by atoms with van der Waals surface area (Å²) in [6.45, 7) is 3.75. The molecule has 0 fully saturated rings. The van der Waals surface area contributed by atoms with Gasteiger partial charge in [-0.3, -0.25) is 4.79 Å². The van der Waals surface area contributed by atoms with Gasteiger partial charge in [0.15, 0.2) is 0 Å². The Kier molecular flexibility index (Phi) is 4.19. The molecule has 4 heteroatoms. The molecule has 16 heavy (non-hydrogen) atoms. The maximum absolute atomic E-state index is 11.5. The molecule has 0 heterocycles. The Balaban J connectivity index is 2.77.